The maximum absolute atomic E-state index is 5.47. The maximum Gasteiger partial charge on any atom is 0.146 e. The van der Waals surface area contributed by atoms with Crippen molar-refractivity contribution in [2.75, 3.05) is 7.11 Å². The Kier molecular flexibility index (Phi) is 3.19. The fraction of sp³-hybridized carbons (Fsp3) is 0.211. The molecule has 2 aromatic carbocycles. The third kappa shape index (κ3) is 2.39. The van der Waals surface area contributed by atoms with Crippen LogP contribution in [0.5, 0.6) is 5.75 Å². The minimum Gasteiger partial charge on any atom is -0.494 e. The number of fused-ring (bicyclic) bond motifs is 1. The lowest BCUT2D eigenvalue weighted by molar-refractivity contribution is 0.418. The Labute approximate surface area is 129 Å². The monoisotopic (exact) mass is 290 g/mol. The van der Waals surface area contributed by atoms with Crippen LogP contribution in [0.1, 0.15) is 23.5 Å². The summed E-state index contributed by atoms with van der Waals surface area (Å²) in [5.41, 5.74) is 4.54. The number of hydrogen-bond acceptors (Lipinski definition) is 2. The third-order valence-electron chi connectivity index (χ3n) is 4.33. The van der Waals surface area contributed by atoms with Crippen LogP contribution < -0.4 is 4.74 Å². The van der Waals surface area contributed by atoms with E-state index in [2.05, 4.69) is 58.5 Å². The zero-order valence-electron chi connectivity index (χ0n) is 12.5. The lowest BCUT2D eigenvalue weighted by atomic mass is 10.1. The quantitative estimate of drug-likeness (QED) is 0.774. The molecule has 0 saturated heterocycles. The zero-order chi connectivity index (χ0) is 14.9. The van der Waals surface area contributed by atoms with E-state index in [1.165, 1.54) is 17.5 Å². The summed E-state index contributed by atoms with van der Waals surface area (Å²) in [6.07, 6.45) is 7.46. The van der Waals surface area contributed by atoms with Crippen LogP contribution in [0.3, 0.4) is 0 Å². The fourth-order valence-corrected chi connectivity index (χ4v) is 3.02. The molecule has 0 amide bonds. The van der Waals surface area contributed by atoms with Crippen molar-refractivity contribution in [3.05, 3.63) is 66.0 Å². The summed E-state index contributed by atoms with van der Waals surface area (Å²) in [5.74, 6) is 2.05. The molecule has 1 heterocycles. The first kappa shape index (κ1) is 13.1. The Morgan fingerprint density at radius 1 is 1.23 bits per heavy atom. The molecule has 22 heavy (non-hydrogen) atoms. The standard InChI is InChI=1S/C19H18N2O/c1-22-18-11-15(10-17-19(18)21-12-20-17)16-9-14(16)8-7-13-5-3-2-4-6-13/h2-8,10-12,14,16H,9H2,1H3,(H,20,21)/b8-7+/t14-,16-/m1/s1. The smallest absolute Gasteiger partial charge is 0.146 e. The summed E-state index contributed by atoms with van der Waals surface area (Å²) >= 11 is 0. The molecule has 1 N–H and O–H groups in total. The average molecular weight is 290 g/mol. The zero-order valence-corrected chi connectivity index (χ0v) is 12.5. The van der Waals surface area contributed by atoms with Crippen molar-refractivity contribution in [1.29, 1.82) is 0 Å². The number of ether oxygens (including phenoxy) is 1. The number of aromatic amines is 1. The van der Waals surface area contributed by atoms with Crippen molar-refractivity contribution in [1.82, 2.24) is 9.97 Å². The van der Waals surface area contributed by atoms with Crippen LogP contribution in [0.25, 0.3) is 17.1 Å². The molecule has 3 nitrogen and oxygen atoms in total. The van der Waals surface area contributed by atoms with Gasteiger partial charge in [-0.2, -0.15) is 0 Å². The van der Waals surface area contributed by atoms with E-state index in [-0.39, 0.29) is 0 Å². The highest BCUT2D eigenvalue weighted by molar-refractivity contribution is 5.82. The number of methoxy groups -OCH3 is 1. The van der Waals surface area contributed by atoms with Crippen molar-refractivity contribution in [2.24, 2.45) is 5.92 Å². The van der Waals surface area contributed by atoms with Gasteiger partial charge in [-0.3, -0.25) is 0 Å². The SMILES string of the molecule is COc1cc([C@@H]2C[C@H]2/C=C/c2ccccc2)cc2[nH]cnc12. The number of benzene rings is 2. The van der Waals surface area contributed by atoms with E-state index in [4.69, 9.17) is 4.74 Å². The van der Waals surface area contributed by atoms with Crippen LogP contribution in [0, 0.1) is 5.92 Å². The summed E-state index contributed by atoms with van der Waals surface area (Å²) in [5, 5.41) is 0. The number of rotatable bonds is 4. The molecule has 1 aromatic heterocycles. The van der Waals surface area contributed by atoms with Crippen LogP contribution in [0.4, 0.5) is 0 Å². The number of aromatic nitrogens is 2. The van der Waals surface area contributed by atoms with Gasteiger partial charge in [0, 0.05) is 0 Å². The number of nitrogens with zero attached hydrogens (tertiary/aromatic N) is 1. The van der Waals surface area contributed by atoms with E-state index in [9.17, 15) is 0 Å². The summed E-state index contributed by atoms with van der Waals surface area (Å²) in [7, 11) is 1.70. The van der Waals surface area contributed by atoms with Gasteiger partial charge in [0.25, 0.3) is 0 Å². The van der Waals surface area contributed by atoms with Gasteiger partial charge < -0.3 is 9.72 Å². The molecule has 1 saturated carbocycles. The van der Waals surface area contributed by atoms with Crippen molar-refractivity contribution in [2.45, 2.75) is 12.3 Å². The van der Waals surface area contributed by atoms with Gasteiger partial charge in [-0.05, 0) is 41.5 Å². The number of H-pyrrole nitrogens is 1. The van der Waals surface area contributed by atoms with E-state index in [0.717, 1.165) is 16.8 Å². The molecule has 1 aliphatic carbocycles. The minimum absolute atomic E-state index is 0.585. The Balaban J connectivity index is 1.56. The van der Waals surface area contributed by atoms with Crippen molar-refractivity contribution < 1.29 is 4.74 Å². The maximum atomic E-state index is 5.47. The topological polar surface area (TPSA) is 37.9 Å². The summed E-state index contributed by atoms with van der Waals surface area (Å²) in [6, 6.07) is 14.8. The van der Waals surface area contributed by atoms with Gasteiger partial charge in [-0.1, -0.05) is 42.5 Å². The first-order chi connectivity index (χ1) is 10.8. The highest BCUT2D eigenvalue weighted by Gasteiger charge is 2.36. The number of hydrogen-bond donors (Lipinski definition) is 1. The molecule has 0 radical (unpaired) electrons. The van der Waals surface area contributed by atoms with E-state index in [1.54, 1.807) is 13.4 Å². The molecular formula is C19H18N2O. The van der Waals surface area contributed by atoms with E-state index in [0.29, 0.717) is 11.8 Å². The Hall–Kier alpha value is -2.55. The van der Waals surface area contributed by atoms with Crippen LogP contribution in [-0.2, 0) is 0 Å². The van der Waals surface area contributed by atoms with Crippen LogP contribution in [-0.4, -0.2) is 17.1 Å². The number of nitrogens with one attached hydrogen (secondary N) is 1. The second-order valence-electron chi connectivity index (χ2n) is 5.80. The number of allylic oxidation sites excluding steroid dienone is 1. The molecule has 0 aliphatic heterocycles. The second kappa shape index (κ2) is 5.34. The predicted molar refractivity (Wildman–Crippen MR) is 89.0 cm³/mol. The molecule has 3 heteroatoms. The highest BCUT2D eigenvalue weighted by Crippen LogP contribution is 2.50. The average Bonchev–Trinajstić information content (AvgIpc) is 3.19. The van der Waals surface area contributed by atoms with Gasteiger partial charge in [0.2, 0.25) is 0 Å². The van der Waals surface area contributed by atoms with Crippen molar-refractivity contribution in [3.63, 3.8) is 0 Å². The van der Waals surface area contributed by atoms with E-state index >= 15 is 0 Å². The van der Waals surface area contributed by atoms with Gasteiger partial charge >= 0.3 is 0 Å². The predicted octanol–water partition coefficient (Wildman–Crippen LogP) is 4.39. The van der Waals surface area contributed by atoms with Gasteiger partial charge in [-0.25, -0.2) is 4.98 Å². The number of imidazole rings is 1. The summed E-state index contributed by atoms with van der Waals surface area (Å²) in [6.45, 7) is 0. The second-order valence-corrected chi connectivity index (χ2v) is 5.80. The highest BCUT2D eigenvalue weighted by atomic mass is 16.5. The van der Waals surface area contributed by atoms with Crippen LogP contribution in [0.15, 0.2) is 54.9 Å². The molecule has 110 valence electrons. The first-order valence-electron chi connectivity index (χ1n) is 7.59. The molecule has 0 bridgehead atoms. The molecule has 0 spiro atoms. The normalized spacial score (nSPS) is 20.6. The van der Waals surface area contributed by atoms with Gasteiger partial charge in [-0.15, -0.1) is 0 Å². The van der Waals surface area contributed by atoms with Crippen molar-refractivity contribution in [3.8, 4) is 5.75 Å². The largest absolute Gasteiger partial charge is 0.494 e. The van der Waals surface area contributed by atoms with E-state index < -0.39 is 0 Å². The Morgan fingerprint density at radius 3 is 2.91 bits per heavy atom. The first-order valence-corrected chi connectivity index (χ1v) is 7.59. The summed E-state index contributed by atoms with van der Waals surface area (Å²) in [4.78, 5) is 7.49. The van der Waals surface area contributed by atoms with Crippen LogP contribution in [0.2, 0.25) is 0 Å². The van der Waals surface area contributed by atoms with Crippen molar-refractivity contribution >= 4 is 17.1 Å². The molecular weight excluding hydrogens is 272 g/mol. The molecule has 2 atom stereocenters. The molecule has 1 aliphatic rings. The third-order valence-corrected chi connectivity index (χ3v) is 4.33. The van der Waals surface area contributed by atoms with E-state index in [1.807, 2.05) is 6.07 Å². The van der Waals surface area contributed by atoms with Gasteiger partial charge in [0.05, 0.1) is 19.0 Å². The minimum atomic E-state index is 0.585. The van der Waals surface area contributed by atoms with Crippen LogP contribution >= 0.6 is 0 Å². The molecule has 1 fully saturated rings. The Morgan fingerprint density at radius 2 is 2.09 bits per heavy atom. The summed E-state index contributed by atoms with van der Waals surface area (Å²) < 4.78 is 5.47. The lowest BCUT2D eigenvalue weighted by Crippen LogP contribution is -1.89. The lowest BCUT2D eigenvalue weighted by Gasteiger charge is -2.05. The van der Waals surface area contributed by atoms with Gasteiger partial charge in [0.1, 0.15) is 11.3 Å². The molecule has 4 rings (SSSR count). The molecule has 0 unspecified atom stereocenters. The van der Waals surface area contributed by atoms with Gasteiger partial charge in [0.15, 0.2) is 0 Å². The molecule has 3 aromatic rings. The Bertz CT molecular complexity index is 820. The fourth-order valence-electron chi connectivity index (χ4n) is 3.02.